The smallest absolute Gasteiger partial charge is 0.410 e. The van der Waals surface area contributed by atoms with Gasteiger partial charge in [0.2, 0.25) is 0 Å². The van der Waals surface area contributed by atoms with Crippen LogP contribution in [0.3, 0.4) is 0 Å². The Morgan fingerprint density at radius 3 is 2.53 bits per heavy atom. The number of halogens is 2. The van der Waals surface area contributed by atoms with Gasteiger partial charge in [0, 0.05) is 18.7 Å². The van der Waals surface area contributed by atoms with E-state index >= 15 is 0 Å². The normalized spacial score (nSPS) is 15.2. The molecule has 0 N–H and O–H groups in total. The second-order valence-corrected chi connectivity index (χ2v) is 9.72. The number of carbonyl (C=O) groups is 1. The van der Waals surface area contributed by atoms with Crippen LogP contribution in [0.25, 0.3) is 11.0 Å². The summed E-state index contributed by atoms with van der Waals surface area (Å²) < 4.78 is 37.8. The van der Waals surface area contributed by atoms with Gasteiger partial charge in [-0.1, -0.05) is 24.3 Å². The van der Waals surface area contributed by atoms with Gasteiger partial charge in [0.05, 0.1) is 17.6 Å². The number of likely N-dealkylation sites (tertiary alicyclic amines) is 1. The standard InChI is InChI=1S/C26H31F2N3O3/c1-17-29-21-15-19(18-11-13-30(14-12-18)25(32)34-26(2,3)4)9-10-22(21)31(17)16-20-7-5-6-8-23(20)33-24(27)28/h5-10,15,18,24H,11-14,16H2,1-4H3. The summed E-state index contributed by atoms with van der Waals surface area (Å²) in [7, 11) is 0. The number of aryl methyl sites for hydroxylation is 1. The van der Waals surface area contributed by atoms with Crippen molar-refractivity contribution >= 4 is 17.1 Å². The first kappa shape index (κ1) is 24.0. The maximum Gasteiger partial charge on any atom is 0.410 e. The minimum atomic E-state index is -2.87. The zero-order valence-electron chi connectivity index (χ0n) is 20.1. The van der Waals surface area contributed by atoms with Crippen molar-refractivity contribution in [3.05, 3.63) is 59.4 Å². The van der Waals surface area contributed by atoms with Gasteiger partial charge in [0.1, 0.15) is 17.2 Å². The molecule has 1 aliphatic rings. The van der Waals surface area contributed by atoms with Crippen LogP contribution in [0.15, 0.2) is 42.5 Å². The number of amides is 1. The molecule has 0 atom stereocenters. The molecule has 1 saturated heterocycles. The highest BCUT2D eigenvalue weighted by Gasteiger charge is 2.27. The van der Waals surface area contributed by atoms with Crippen molar-refractivity contribution in [3.8, 4) is 5.75 Å². The lowest BCUT2D eigenvalue weighted by molar-refractivity contribution is -0.0504. The molecule has 8 heteroatoms. The molecule has 6 nitrogen and oxygen atoms in total. The number of para-hydroxylation sites is 1. The third kappa shape index (κ3) is 5.48. The summed E-state index contributed by atoms with van der Waals surface area (Å²) in [6, 6.07) is 13.1. The molecule has 0 radical (unpaired) electrons. The lowest BCUT2D eigenvalue weighted by Crippen LogP contribution is -2.41. The molecule has 182 valence electrons. The predicted molar refractivity (Wildman–Crippen MR) is 126 cm³/mol. The minimum absolute atomic E-state index is 0.173. The van der Waals surface area contributed by atoms with Gasteiger partial charge in [-0.15, -0.1) is 0 Å². The second kappa shape index (κ2) is 9.60. The summed E-state index contributed by atoms with van der Waals surface area (Å²) in [4.78, 5) is 18.8. The van der Waals surface area contributed by atoms with Crippen LogP contribution >= 0.6 is 0 Å². The molecule has 4 rings (SSSR count). The molecule has 0 aliphatic carbocycles. The second-order valence-electron chi connectivity index (χ2n) is 9.72. The molecular formula is C26H31F2N3O3. The molecule has 1 amide bonds. The van der Waals surface area contributed by atoms with Crippen LogP contribution in [-0.2, 0) is 11.3 Å². The van der Waals surface area contributed by atoms with E-state index < -0.39 is 12.2 Å². The third-order valence-electron chi connectivity index (χ3n) is 6.10. The number of rotatable bonds is 5. The van der Waals surface area contributed by atoms with Crippen molar-refractivity contribution in [1.82, 2.24) is 14.5 Å². The Morgan fingerprint density at radius 2 is 1.85 bits per heavy atom. The van der Waals surface area contributed by atoms with Crippen LogP contribution in [0.1, 0.15) is 56.5 Å². The van der Waals surface area contributed by atoms with E-state index in [0.29, 0.717) is 31.1 Å². The highest BCUT2D eigenvalue weighted by Crippen LogP contribution is 2.32. The Morgan fingerprint density at radius 1 is 1.15 bits per heavy atom. The summed E-state index contributed by atoms with van der Waals surface area (Å²) >= 11 is 0. The summed E-state index contributed by atoms with van der Waals surface area (Å²) in [6.45, 7) is 6.37. The molecule has 1 fully saturated rings. The number of piperidine rings is 1. The number of nitrogens with zero attached hydrogens (tertiary/aromatic N) is 3. The topological polar surface area (TPSA) is 56.6 Å². The van der Waals surface area contributed by atoms with Gasteiger partial charge in [-0.3, -0.25) is 0 Å². The van der Waals surface area contributed by atoms with Crippen LogP contribution < -0.4 is 4.74 Å². The fraction of sp³-hybridized carbons (Fsp3) is 0.462. The first-order valence-electron chi connectivity index (χ1n) is 11.6. The number of imidazole rings is 1. The predicted octanol–water partition coefficient (Wildman–Crippen LogP) is 6.11. The Balaban J connectivity index is 1.49. The molecule has 0 spiro atoms. The minimum Gasteiger partial charge on any atom is -0.444 e. The fourth-order valence-electron chi connectivity index (χ4n) is 4.46. The molecule has 0 saturated carbocycles. The van der Waals surface area contributed by atoms with Crippen molar-refractivity contribution in [2.24, 2.45) is 0 Å². The molecule has 0 bridgehead atoms. The van der Waals surface area contributed by atoms with Crippen molar-refractivity contribution in [2.45, 2.75) is 65.2 Å². The van der Waals surface area contributed by atoms with Gasteiger partial charge in [-0.25, -0.2) is 9.78 Å². The molecular weight excluding hydrogens is 440 g/mol. The van der Waals surface area contributed by atoms with Gasteiger partial charge in [-0.05, 0) is 70.2 Å². The number of hydrogen-bond acceptors (Lipinski definition) is 4. The quantitative estimate of drug-likeness (QED) is 0.451. The summed E-state index contributed by atoms with van der Waals surface area (Å²) in [5.41, 5.74) is 3.18. The summed E-state index contributed by atoms with van der Waals surface area (Å²) in [5, 5.41) is 0. The van der Waals surface area contributed by atoms with Crippen LogP contribution in [-0.4, -0.2) is 45.8 Å². The Labute approximate surface area is 198 Å². The first-order valence-corrected chi connectivity index (χ1v) is 11.6. The van der Waals surface area contributed by atoms with Gasteiger partial charge >= 0.3 is 12.7 Å². The Bertz CT molecular complexity index is 1160. The monoisotopic (exact) mass is 471 g/mol. The number of fused-ring (bicyclic) bond motifs is 1. The first-order chi connectivity index (χ1) is 16.1. The van der Waals surface area contributed by atoms with E-state index in [-0.39, 0.29) is 11.8 Å². The SMILES string of the molecule is Cc1nc2cc(C3CCN(C(=O)OC(C)(C)C)CC3)ccc2n1Cc1ccccc1OC(F)F. The van der Waals surface area contributed by atoms with Crippen LogP contribution in [0, 0.1) is 6.92 Å². The van der Waals surface area contributed by atoms with Crippen LogP contribution in [0.2, 0.25) is 0 Å². The fourth-order valence-corrected chi connectivity index (χ4v) is 4.46. The van der Waals surface area contributed by atoms with E-state index in [1.165, 1.54) is 5.56 Å². The zero-order chi connectivity index (χ0) is 24.5. The third-order valence-corrected chi connectivity index (χ3v) is 6.10. The lowest BCUT2D eigenvalue weighted by Gasteiger charge is -2.33. The number of hydrogen-bond donors (Lipinski definition) is 0. The van der Waals surface area contributed by atoms with E-state index in [1.54, 1.807) is 23.1 Å². The van der Waals surface area contributed by atoms with E-state index in [4.69, 9.17) is 14.5 Å². The van der Waals surface area contributed by atoms with E-state index in [0.717, 1.165) is 29.7 Å². The largest absolute Gasteiger partial charge is 0.444 e. The Kier molecular flexibility index (Phi) is 6.77. The van der Waals surface area contributed by atoms with E-state index in [2.05, 4.69) is 12.1 Å². The van der Waals surface area contributed by atoms with Crippen molar-refractivity contribution in [3.63, 3.8) is 0 Å². The van der Waals surface area contributed by atoms with Crippen LogP contribution in [0.5, 0.6) is 5.75 Å². The number of aromatic nitrogens is 2. The average molecular weight is 472 g/mol. The lowest BCUT2D eigenvalue weighted by atomic mass is 9.89. The zero-order valence-corrected chi connectivity index (χ0v) is 20.1. The molecule has 2 aromatic carbocycles. The van der Waals surface area contributed by atoms with E-state index in [1.807, 2.05) is 44.4 Å². The highest BCUT2D eigenvalue weighted by molar-refractivity contribution is 5.77. The summed E-state index contributed by atoms with van der Waals surface area (Å²) in [6.07, 6.45) is 1.47. The summed E-state index contributed by atoms with van der Waals surface area (Å²) in [5.74, 6) is 1.32. The van der Waals surface area contributed by atoms with Gasteiger partial charge in [0.15, 0.2) is 0 Å². The molecule has 1 aliphatic heterocycles. The molecule has 2 heterocycles. The molecule has 1 aromatic heterocycles. The van der Waals surface area contributed by atoms with Gasteiger partial charge < -0.3 is 18.9 Å². The Hall–Kier alpha value is -3.16. The number of carbonyl (C=O) groups excluding carboxylic acids is 1. The van der Waals surface area contributed by atoms with Crippen molar-refractivity contribution < 1.29 is 23.0 Å². The molecule has 34 heavy (non-hydrogen) atoms. The maximum absolute atomic E-state index is 12.8. The van der Waals surface area contributed by atoms with Crippen molar-refractivity contribution in [2.75, 3.05) is 13.1 Å². The molecule has 3 aromatic rings. The number of benzene rings is 2. The van der Waals surface area contributed by atoms with E-state index in [9.17, 15) is 13.6 Å². The highest BCUT2D eigenvalue weighted by atomic mass is 19.3. The van der Waals surface area contributed by atoms with Gasteiger partial charge in [0.25, 0.3) is 0 Å². The average Bonchev–Trinajstić information content (AvgIpc) is 3.08. The van der Waals surface area contributed by atoms with Gasteiger partial charge in [-0.2, -0.15) is 8.78 Å². The van der Waals surface area contributed by atoms with Crippen molar-refractivity contribution in [1.29, 1.82) is 0 Å². The van der Waals surface area contributed by atoms with Crippen LogP contribution in [0.4, 0.5) is 13.6 Å². The molecule has 0 unspecified atom stereocenters. The maximum atomic E-state index is 12.8. The number of alkyl halides is 2. The number of ether oxygens (including phenoxy) is 2.